The molecule has 3 rings (SSSR count). The Balaban J connectivity index is 0.00000342. The predicted molar refractivity (Wildman–Crippen MR) is 155 cm³/mol. The minimum Gasteiger partial charge on any atom is -0.358 e. The Morgan fingerprint density at radius 3 is 2.43 bits per heavy atom. The van der Waals surface area contributed by atoms with Gasteiger partial charge < -0.3 is 25.0 Å². The number of rotatable bonds is 11. The van der Waals surface area contributed by atoms with Crippen molar-refractivity contribution in [3.8, 4) is 0 Å². The number of aromatic nitrogens is 1. The molecule has 0 spiro atoms. The van der Waals surface area contributed by atoms with Crippen molar-refractivity contribution in [2.24, 2.45) is 0 Å². The highest BCUT2D eigenvalue weighted by atomic mass is 35.5. The molecule has 1 aliphatic heterocycles. The molecule has 2 N–H and O–H groups in total. The molecule has 7 nitrogen and oxygen atoms in total. The van der Waals surface area contributed by atoms with Crippen LogP contribution in [0.2, 0.25) is 0 Å². The van der Waals surface area contributed by atoms with E-state index in [-0.39, 0.29) is 42.4 Å². The van der Waals surface area contributed by atoms with E-state index in [0.717, 1.165) is 49.5 Å². The van der Waals surface area contributed by atoms with E-state index in [1.165, 1.54) is 12.1 Å². The minimum atomic E-state index is -0.384. The van der Waals surface area contributed by atoms with Crippen LogP contribution in [0.4, 0.5) is 10.1 Å². The Morgan fingerprint density at radius 1 is 1.14 bits per heavy atom. The van der Waals surface area contributed by atoms with Crippen LogP contribution < -0.4 is 10.2 Å². The van der Waals surface area contributed by atoms with Crippen LogP contribution in [0.15, 0.2) is 18.2 Å². The van der Waals surface area contributed by atoms with E-state index in [0.29, 0.717) is 35.5 Å². The third kappa shape index (κ3) is 7.57. The van der Waals surface area contributed by atoms with Gasteiger partial charge >= 0.3 is 0 Å². The monoisotopic (exact) mass is 555 g/mol. The van der Waals surface area contributed by atoms with Gasteiger partial charge in [-0.1, -0.05) is 13.8 Å². The molecule has 0 saturated heterocycles. The largest absolute Gasteiger partial charge is 0.358 e. The summed E-state index contributed by atoms with van der Waals surface area (Å²) in [5.41, 5.74) is 4.51. The molecular weight excluding hydrogens is 516 g/mol. The van der Waals surface area contributed by atoms with Gasteiger partial charge in [0.25, 0.3) is 11.8 Å². The Labute approximate surface area is 232 Å². The van der Waals surface area contributed by atoms with Gasteiger partial charge in [-0.15, -0.1) is 24.8 Å². The number of aromatic amines is 1. The summed E-state index contributed by atoms with van der Waals surface area (Å²) in [6, 6.07) is 4.47. The summed E-state index contributed by atoms with van der Waals surface area (Å²) in [5, 5.41) is 3.01. The van der Waals surface area contributed by atoms with Gasteiger partial charge in [0.05, 0.1) is 16.8 Å². The minimum absolute atomic E-state index is 0. The van der Waals surface area contributed by atoms with Crippen molar-refractivity contribution < 1.29 is 14.0 Å². The van der Waals surface area contributed by atoms with Crippen LogP contribution >= 0.6 is 24.8 Å². The van der Waals surface area contributed by atoms with Gasteiger partial charge in [0.2, 0.25) is 0 Å². The van der Waals surface area contributed by atoms with Gasteiger partial charge in [0.15, 0.2) is 0 Å². The number of H-pyrrole nitrogens is 1. The number of aryl methyl sites for hydroxylation is 1. The quantitative estimate of drug-likeness (QED) is 0.400. The fraction of sp³-hybridized carbons (Fsp3) is 0.481. The summed E-state index contributed by atoms with van der Waals surface area (Å²) in [4.78, 5) is 35.6. The third-order valence-corrected chi connectivity index (χ3v) is 6.60. The summed E-state index contributed by atoms with van der Waals surface area (Å²) in [7, 11) is 3.99. The summed E-state index contributed by atoms with van der Waals surface area (Å²) in [5.74, 6) is -0.672. The first kappa shape index (κ1) is 32.6. The first-order valence-electron chi connectivity index (χ1n) is 12.4. The molecule has 0 fully saturated rings. The van der Waals surface area contributed by atoms with E-state index in [4.69, 9.17) is 0 Å². The number of amides is 2. The van der Waals surface area contributed by atoms with Crippen LogP contribution in [0.25, 0.3) is 11.6 Å². The first-order chi connectivity index (χ1) is 16.7. The molecule has 0 unspecified atom stereocenters. The molecule has 10 heteroatoms. The van der Waals surface area contributed by atoms with Gasteiger partial charge in [-0.05, 0) is 83.8 Å². The maximum absolute atomic E-state index is 14.1. The van der Waals surface area contributed by atoms with Crippen LogP contribution in [-0.4, -0.2) is 80.0 Å². The summed E-state index contributed by atoms with van der Waals surface area (Å²) in [6.45, 7) is 12.6. The standard InChI is InChI=1S/C27H38FN5O2.2ClH/c1-7-32(8-2)15-12-29-26(34)25-18(3)23(30-19(25)4)17-22-21-16-20(28)10-11-24(21)33(27(22)35)14-9-13-31(5)6;;/h10-11,16-17,30H,7-9,12-15H2,1-6H3,(H,29,34);2*1H/b22-17-;;. The van der Waals surface area contributed by atoms with Crippen molar-refractivity contribution >= 4 is 54.0 Å². The van der Waals surface area contributed by atoms with Crippen LogP contribution in [0, 0.1) is 19.7 Å². The van der Waals surface area contributed by atoms with Gasteiger partial charge in [-0.25, -0.2) is 4.39 Å². The molecule has 0 aliphatic carbocycles. The average molecular weight is 557 g/mol. The lowest BCUT2D eigenvalue weighted by Crippen LogP contribution is -2.35. The number of likely N-dealkylation sites (N-methyl/N-ethyl adjacent to an activating group) is 1. The second-order valence-electron chi connectivity index (χ2n) is 9.28. The molecule has 1 aromatic carbocycles. The molecule has 1 aromatic heterocycles. The lowest BCUT2D eigenvalue weighted by Gasteiger charge is -2.18. The van der Waals surface area contributed by atoms with Gasteiger partial charge in [0, 0.05) is 36.6 Å². The summed E-state index contributed by atoms with van der Waals surface area (Å²) >= 11 is 0. The molecule has 1 aliphatic rings. The van der Waals surface area contributed by atoms with Crippen molar-refractivity contribution in [2.45, 2.75) is 34.1 Å². The fourth-order valence-electron chi connectivity index (χ4n) is 4.60. The van der Waals surface area contributed by atoms with Crippen molar-refractivity contribution in [3.63, 3.8) is 0 Å². The highest BCUT2D eigenvalue weighted by molar-refractivity contribution is 6.35. The fourth-order valence-corrected chi connectivity index (χ4v) is 4.60. The number of anilines is 1. The van der Waals surface area contributed by atoms with E-state index in [2.05, 4.69) is 33.9 Å². The lowest BCUT2D eigenvalue weighted by atomic mass is 10.0. The van der Waals surface area contributed by atoms with Crippen molar-refractivity contribution in [1.82, 2.24) is 20.1 Å². The van der Waals surface area contributed by atoms with Crippen molar-refractivity contribution in [3.05, 3.63) is 52.1 Å². The molecule has 206 valence electrons. The molecule has 0 atom stereocenters. The van der Waals surface area contributed by atoms with Crippen LogP contribution in [0.3, 0.4) is 0 Å². The zero-order valence-corrected chi connectivity index (χ0v) is 24.2. The Kier molecular flexibility index (Phi) is 12.8. The summed E-state index contributed by atoms with van der Waals surface area (Å²) < 4.78 is 14.1. The van der Waals surface area contributed by atoms with Gasteiger partial charge in [0.1, 0.15) is 5.82 Å². The SMILES string of the molecule is CCN(CC)CCNC(=O)c1c(C)[nH]c(/C=C2\C(=O)N(CCCN(C)C)c3ccc(F)cc32)c1C.Cl.Cl. The number of nitrogens with one attached hydrogen (secondary N) is 2. The first-order valence-corrected chi connectivity index (χ1v) is 12.4. The Bertz CT molecular complexity index is 1110. The molecule has 2 aromatic rings. The number of benzene rings is 1. The molecule has 2 heterocycles. The zero-order valence-electron chi connectivity index (χ0n) is 22.6. The maximum Gasteiger partial charge on any atom is 0.259 e. The second-order valence-corrected chi connectivity index (χ2v) is 9.28. The number of fused-ring (bicyclic) bond motifs is 1. The zero-order chi connectivity index (χ0) is 25.7. The molecular formula is C27H40Cl2FN5O2. The van der Waals surface area contributed by atoms with Crippen LogP contribution in [0.1, 0.15) is 53.1 Å². The smallest absolute Gasteiger partial charge is 0.259 e. The number of carbonyl (C=O) groups is 2. The number of nitrogens with zero attached hydrogens (tertiary/aromatic N) is 3. The summed E-state index contributed by atoms with van der Waals surface area (Å²) in [6.07, 6.45) is 2.56. The third-order valence-electron chi connectivity index (χ3n) is 6.60. The maximum atomic E-state index is 14.1. The van der Waals surface area contributed by atoms with Gasteiger partial charge in [-0.2, -0.15) is 0 Å². The highest BCUT2D eigenvalue weighted by Gasteiger charge is 2.33. The van der Waals surface area contributed by atoms with Gasteiger partial charge in [-0.3, -0.25) is 9.59 Å². The predicted octanol–water partition coefficient (Wildman–Crippen LogP) is 4.52. The van der Waals surface area contributed by atoms with Crippen LogP contribution in [0.5, 0.6) is 0 Å². The topological polar surface area (TPSA) is 71.7 Å². The van der Waals surface area contributed by atoms with Crippen molar-refractivity contribution in [1.29, 1.82) is 0 Å². The average Bonchev–Trinajstić information content (AvgIpc) is 3.23. The van der Waals surface area contributed by atoms with Crippen LogP contribution in [-0.2, 0) is 4.79 Å². The van der Waals surface area contributed by atoms with E-state index in [9.17, 15) is 14.0 Å². The van der Waals surface area contributed by atoms with E-state index in [1.54, 1.807) is 17.0 Å². The lowest BCUT2D eigenvalue weighted by molar-refractivity contribution is -0.113. The number of hydrogen-bond acceptors (Lipinski definition) is 4. The molecule has 0 bridgehead atoms. The van der Waals surface area contributed by atoms with E-state index >= 15 is 0 Å². The Morgan fingerprint density at radius 2 is 1.81 bits per heavy atom. The highest BCUT2D eigenvalue weighted by Crippen LogP contribution is 2.38. The second kappa shape index (κ2) is 14.5. The molecule has 37 heavy (non-hydrogen) atoms. The Hall–Kier alpha value is -2.39. The number of halogens is 3. The number of hydrogen-bond donors (Lipinski definition) is 2. The van der Waals surface area contributed by atoms with E-state index < -0.39 is 0 Å². The molecule has 2 amide bonds. The number of carbonyl (C=O) groups excluding carboxylic acids is 2. The molecule has 0 radical (unpaired) electrons. The molecule has 0 saturated carbocycles. The van der Waals surface area contributed by atoms with Crippen molar-refractivity contribution in [2.75, 3.05) is 58.3 Å². The normalized spacial score (nSPS) is 13.7. The van der Waals surface area contributed by atoms with E-state index in [1.807, 2.05) is 27.9 Å².